The van der Waals surface area contributed by atoms with Crippen LogP contribution >= 0.6 is 0 Å². The lowest BCUT2D eigenvalue weighted by molar-refractivity contribution is 0.486. The van der Waals surface area contributed by atoms with Crippen molar-refractivity contribution in [3.05, 3.63) is 12.2 Å². The van der Waals surface area contributed by atoms with Gasteiger partial charge < -0.3 is 0 Å². The first kappa shape index (κ1) is 14.4. The van der Waals surface area contributed by atoms with E-state index in [-0.39, 0.29) is 0 Å². The van der Waals surface area contributed by atoms with E-state index in [1.165, 1.54) is 38.5 Å². The molecule has 0 rings (SSSR count). The number of hydrogen-bond acceptors (Lipinski definition) is 1. The average molecular weight is 209 g/mol. The summed E-state index contributed by atoms with van der Waals surface area (Å²) in [7, 11) is 0. The maximum absolute atomic E-state index is 10.1. The largest absolute Gasteiger partial charge is 0.291 e. The van der Waals surface area contributed by atoms with Gasteiger partial charge in [0, 0.05) is 6.42 Å². The van der Waals surface area contributed by atoms with Gasteiger partial charge in [0.15, 0.2) is 6.29 Å². The summed E-state index contributed by atoms with van der Waals surface area (Å²) in [6.07, 6.45) is 15.9. The van der Waals surface area contributed by atoms with Crippen molar-refractivity contribution in [3.63, 3.8) is 0 Å². The van der Waals surface area contributed by atoms with E-state index in [1.807, 2.05) is 6.29 Å². The molecule has 1 radical (unpaired) electrons. The lowest BCUT2D eigenvalue weighted by Crippen LogP contribution is -1.94. The zero-order valence-electron chi connectivity index (χ0n) is 10.3. The molecule has 0 amide bonds. The van der Waals surface area contributed by atoms with Gasteiger partial charge in [0.05, 0.1) is 0 Å². The van der Waals surface area contributed by atoms with E-state index in [9.17, 15) is 4.79 Å². The van der Waals surface area contributed by atoms with E-state index in [1.54, 1.807) is 0 Å². The molecule has 0 aromatic rings. The monoisotopic (exact) mass is 209 g/mol. The number of rotatable bonds is 10. The van der Waals surface area contributed by atoms with Crippen molar-refractivity contribution in [2.75, 3.05) is 0 Å². The molecule has 0 aliphatic carbocycles. The second-order valence-corrected chi connectivity index (χ2v) is 4.35. The molecule has 1 nitrogen and oxygen atoms in total. The standard InChI is InChI=1S/C14H25O/c1-3-4-5-6-7-8-9-10-11-14(2)12-13-15/h6-7,14H,3-5,8-12H2,1-2H3. The summed E-state index contributed by atoms with van der Waals surface area (Å²) in [5.74, 6) is 0.520. The van der Waals surface area contributed by atoms with Crippen molar-refractivity contribution >= 4 is 6.29 Å². The molecule has 0 saturated heterocycles. The summed E-state index contributed by atoms with van der Waals surface area (Å²) in [5, 5.41) is 0. The Morgan fingerprint density at radius 1 is 1.13 bits per heavy atom. The zero-order valence-corrected chi connectivity index (χ0v) is 10.3. The molecule has 0 heterocycles. The second kappa shape index (κ2) is 11.5. The molecule has 0 N–H and O–H groups in total. The van der Waals surface area contributed by atoms with Gasteiger partial charge in [0.1, 0.15) is 0 Å². The summed E-state index contributed by atoms with van der Waals surface area (Å²) in [5.41, 5.74) is 0. The molecule has 0 aromatic carbocycles. The van der Waals surface area contributed by atoms with Crippen LogP contribution in [-0.4, -0.2) is 6.29 Å². The fourth-order valence-corrected chi connectivity index (χ4v) is 1.56. The molecular formula is C14H25O. The van der Waals surface area contributed by atoms with Crippen molar-refractivity contribution in [1.29, 1.82) is 0 Å². The first-order valence-electron chi connectivity index (χ1n) is 6.31. The molecule has 0 spiro atoms. The third kappa shape index (κ3) is 11.3. The van der Waals surface area contributed by atoms with Gasteiger partial charge in [-0.15, -0.1) is 0 Å². The summed E-state index contributed by atoms with van der Waals surface area (Å²) in [4.78, 5) is 10.1. The Morgan fingerprint density at radius 3 is 2.40 bits per heavy atom. The van der Waals surface area contributed by atoms with E-state index in [0.717, 1.165) is 6.42 Å². The first-order chi connectivity index (χ1) is 7.31. The highest BCUT2D eigenvalue weighted by Gasteiger charge is 1.99. The van der Waals surface area contributed by atoms with Crippen LogP contribution in [0.1, 0.15) is 65.2 Å². The van der Waals surface area contributed by atoms with Gasteiger partial charge in [-0.3, -0.25) is 4.79 Å². The minimum absolute atomic E-state index is 0.520. The van der Waals surface area contributed by atoms with Gasteiger partial charge in [0.2, 0.25) is 0 Å². The number of allylic oxidation sites excluding steroid dienone is 2. The van der Waals surface area contributed by atoms with Crippen LogP contribution in [0.25, 0.3) is 0 Å². The molecule has 87 valence electrons. The van der Waals surface area contributed by atoms with E-state index in [2.05, 4.69) is 26.0 Å². The van der Waals surface area contributed by atoms with Crippen LogP contribution in [0, 0.1) is 5.92 Å². The van der Waals surface area contributed by atoms with Crippen molar-refractivity contribution in [1.82, 2.24) is 0 Å². The molecule has 0 fully saturated rings. The third-order valence-electron chi connectivity index (χ3n) is 2.64. The minimum Gasteiger partial charge on any atom is -0.291 e. The Morgan fingerprint density at radius 2 is 1.80 bits per heavy atom. The van der Waals surface area contributed by atoms with E-state index in [4.69, 9.17) is 0 Å². The highest BCUT2D eigenvalue weighted by atomic mass is 16.1. The normalized spacial score (nSPS) is 13.2. The predicted octanol–water partition coefficient (Wildman–Crippen LogP) is 4.43. The summed E-state index contributed by atoms with van der Waals surface area (Å²) < 4.78 is 0. The van der Waals surface area contributed by atoms with Crippen molar-refractivity contribution < 1.29 is 4.79 Å². The van der Waals surface area contributed by atoms with Crippen LogP contribution in [-0.2, 0) is 4.79 Å². The fourth-order valence-electron chi connectivity index (χ4n) is 1.56. The Kier molecular flexibility index (Phi) is 11.0. The quantitative estimate of drug-likeness (QED) is 0.384. The molecular weight excluding hydrogens is 184 g/mol. The molecule has 1 heteroatoms. The maximum Gasteiger partial charge on any atom is 0.198 e. The lowest BCUT2D eigenvalue weighted by Gasteiger charge is -2.04. The summed E-state index contributed by atoms with van der Waals surface area (Å²) in [6.45, 7) is 4.35. The molecule has 15 heavy (non-hydrogen) atoms. The van der Waals surface area contributed by atoms with Crippen molar-refractivity contribution in [2.45, 2.75) is 65.2 Å². The van der Waals surface area contributed by atoms with Crippen molar-refractivity contribution in [2.24, 2.45) is 5.92 Å². The summed E-state index contributed by atoms with van der Waals surface area (Å²) in [6, 6.07) is 0. The molecule has 0 bridgehead atoms. The Balaban J connectivity index is 3.16. The molecule has 0 aliphatic heterocycles. The Hall–Kier alpha value is -0.590. The van der Waals surface area contributed by atoms with Crippen LogP contribution < -0.4 is 0 Å². The van der Waals surface area contributed by atoms with Gasteiger partial charge in [-0.1, -0.05) is 51.7 Å². The smallest absolute Gasteiger partial charge is 0.198 e. The number of hydrogen-bond donors (Lipinski definition) is 0. The molecule has 0 aliphatic rings. The highest BCUT2D eigenvalue weighted by Crippen LogP contribution is 2.11. The number of carbonyl (C=O) groups excluding carboxylic acids is 1. The molecule has 1 unspecified atom stereocenters. The van der Waals surface area contributed by atoms with Crippen LogP contribution in [0.5, 0.6) is 0 Å². The van der Waals surface area contributed by atoms with E-state index < -0.39 is 0 Å². The average Bonchev–Trinajstić information content (AvgIpc) is 2.22. The zero-order chi connectivity index (χ0) is 11.4. The van der Waals surface area contributed by atoms with E-state index >= 15 is 0 Å². The van der Waals surface area contributed by atoms with Crippen LogP contribution in [0.2, 0.25) is 0 Å². The minimum atomic E-state index is 0.520. The van der Waals surface area contributed by atoms with Crippen LogP contribution in [0.15, 0.2) is 12.2 Å². The fraction of sp³-hybridized carbons (Fsp3) is 0.786. The van der Waals surface area contributed by atoms with Gasteiger partial charge in [-0.05, 0) is 25.2 Å². The third-order valence-corrected chi connectivity index (χ3v) is 2.64. The van der Waals surface area contributed by atoms with E-state index in [0.29, 0.717) is 12.3 Å². The van der Waals surface area contributed by atoms with Gasteiger partial charge in [0.25, 0.3) is 0 Å². The van der Waals surface area contributed by atoms with Crippen LogP contribution in [0.4, 0.5) is 0 Å². The lowest BCUT2D eigenvalue weighted by atomic mass is 10.0. The van der Waals surface area contributed by atoms with Gasteiger partial charge in [-0.25, -0.2) is 0 Å². The maximum atomic E-state index is 10.1. The second-order valence-electron chi connectivity index (χ2n) is 4.35. The van der Waals surface area contributed by atoms with Gasteiger partial charge in [-0.2, -0.15) is 0 Å². The predicted molar refractivity (Wildman–Crippen MR) is 66.6 cm³/mol. The molecule has 1 atom stereocenters. The Bertz CT molecular complexity index is 161. The SMILES string of the molecule is CCCCC=CCCCCC(C)C[C]=O. The van der Waals surface area contributed by atoms with Crippen LogP contribution in [0.3, 0.4) is 0 Å². The van der Waals surface area contributed by atoms with Crippen molar-refractivity contribution in [3.8, 4) is 0 Å². The highest BCUT2D eigenvalue weighted by molar-refractivity contribution is 5.50. The first-order valence-corrected chi connectivity index (χ1v) is 6.31. The number of unbranched alkanes of at least 4 members (excludes halogenated alkanes) is 4. The molecule has 0 aromatic heterocycles. The van der Waals surface area contributed by atoms with Gasteiger partial charge >= 0.3 is 0 Å². The topological polar surface area (TPSA) is 17.1 Å². The summed E-state index contributed by atoms with van der Waals surface area (Å²) >= 11 is 0. The molecule has 0 saturated carbocycles. The Labute approximate surface area is 95.0 Å².